The average Bonchev–Trinajstić information content (AvgIpc) is 2.80. The first-order valence-corrected chi connectivity index (χ1v) is 6.62. The maximum Gasteiger partial charge on any atom is 0.0660 e. The Morgan fingerprint density at radius 2 is 2.22 bits per heavy atom. The van der Waals surface area contributed by atoms with Gasteiger partial charge in [0.15, 0.2) is 0 Å². The molecule has 1 fully saturated rings. The van der Waals surface area contributed by atoms with E-state index in [0.29, 0.717) is 6.04 Å². The summed E-state index contributed by atoms with van der Waals surface area (Å²) < 4.78 is 1.95. The molecule has 94 valence electrons. The molecule has 3 rings (SSSR count). The zero-order valence-corrected chi connectivity index (χ0v) is 10.7. The molecular formula is C15H19N3. The third-order valence-electron chi connectivity index (χ3n) is 3.58. The minimum atomic E-state index is 0.667. The predicted octanol–water partition coefficient (Wildman–Crippen LogP) is 3.14. The fourth-order valence-corrected chi connectivity index (χ4v) is 2.60. The van der Waals surface area contributed by atoms with Gasteiger partial charge >= 0.3 is 0 Å². The summed E-state index contributed by atoms with van der Waals surface area (Å²) in [5.41, 5.74) is 2.52. The molecule has 0 saturated heterocycles. The van der Waals surface area contributed by atoms with Crippen LogP contribution in [0.2, 0.25) is 0 Å². The van der Waals surface area contributed by atoms with Crippen molar-refractivity contribution in [1.82, 2.24) is 9.78 Å². The number of anilines is 1. The van der Waals surface area contributed by atoms with Crippen molar-refractivity contribution < 1.29 is 0 Å². The summed E-state index contributed by atoms with van der Waals surface area (Å²) in [5, 5.41) is 7.83. The summed E-state index contributed by atoms with van der Waals surface area (Å²) in [6, 6.07) is 11.3. The molecule has 1 aliphatic carbocycles. The first-order valence-electron chi connectivity index (χ1n) is 6.62. The van der Waals surface area contributed by atoms with Crippen molar-refractivity contribution in [2.75, 3.05) is 5.32 Å². The van der Waals surface area contributed by atoms with E-state index in [-0.39, 0.29) is 0 Å². The third-order valence-corrected chi connectivity index (χ3v) is 3.58. The molecule has 2 aromatic rings. The van der Waals surface area contributed by atoms with Crippen LogP contribution in [0.4, 0.5) is 5.69 Å². The van der Waals surface area contributed by atoms with E-state index >= 15 is 0 Å². The lowest BCUT2D eigenvalue weighted by Crippen LogP contribution is -2.33. The number of benzene rings is 1. The second-order valence-corrected chi connectivity index (χ2v) is 5.32. The van der Waals surface area contributed by atoms with Crippen molar-refractivity contribution in [3.05, 3.63) is 48.3 Å². The Bertz CT molecular complexity index is 498. The number of hydrogen-bond donors (Lipinski definition) is 1. The number of rotatable bonds is 4. The molecule has 0 atom stereocenters. The van der Waals surface area contributed by atoms with Crippen LogP contribution >= 0.6 is 0 Å². The SMILES string of the molecule is CC1CC(Nc2cccc(Cn3cccn3)c2)C1. The van der Waals surface area contributed by atoms with Crippen LogP contribution in [-0.2, 0) is 6.54 Å². The van der Waals surface area contributed by atoms with E-state index in [1.807, 2.05) is 23.1 Å². The molecule has 0 spiro atoms. The molecule has 1 N–H and O–H groups in total. The van der Waals surface area contributed by atoms with Gasteiger partial charge in [0.1, 0.15) is 0 Å². The highest BCUT2D eigenvalue weighted by Crippen LogP contribution is 2.29. The first kappa shape index (κ1) is 11.3. The van der Waals surface area contributed by atoms with Crippen LogP contribution in [0.15, 0.2) is 42.7 Å². The quantitative estimate of drug-likeness (QED) is 0.891. The zero-order chi connectivity index (χ0) is 12.4. The van der Waals surface area contributed by atoms with Crippen LogP contribution in [0.3, 0.4) is 0 Å². The first-order chi connectivity index (χ1) is 8.79. The molecular weight excluding hydrogens is 222 g/mol. The minimum Gasteiger partial charge on any atom is -0.382 e. The zero-order valence-electron chi connectivity index (χ0n) is 10.7. The molecule has 1 aromatic heterocycles. The highest BCUT2D eigenvalue weighted by Gasteiger charge is 2.24. The van der Waals surface area contributed by atoms with E-state index in [0.717, 1.165) is 12.5 Å². The van der Waals surface area contributed by atoms with Crippen LogP contribution in [0.25, 0.3) is 0 Å². The van der Waals surface area contributed by atoms with Gasteiger partial charge in [0.05, 0.1) is 6.54 Å². The van der Waals surface area contributed by atoms with Gasteiger partial charge in [-0.25, -0.2) is 0 Å². The van der Waals surface area contributed by atoms with Gasteiger partial charge in [-0.15, -0.1) is 0 Å². The fraction of sp³-hybridized carbons (Fsp3) is 0.400. The largest absolute Gasteiger partial charge is 0.382 e. The molecule has 3 heteroatoms. The van der Waals surface area contributed by atoms with Crippen molar-refractivity contribution in [2.24, 2.45) is 5.92 Å². The molecule has 0 unspecified atom stereocenters. The number of aromatic nitrogens is 2. The van der Waals surface area contributed by atoms with Crippen molar-refractivity contribution in [3.8, 4) is 0 Å². The normalized spacial score (nSPS) is 22.5. The molecule has 1 saturated carbocycles. The van der Waals surface area contributed by atoms with E-state index in [1.54, 1.807) is 0 Å². The van der Waals surface area contributed by atoms with Crippen LogP contribution in [0, 0.1) is 5.92 Å². The van der Waals surface area contributed by atoms with Crippen LogP contribution in [0.1, 0.15) is 25.3 Å². The lowest BCUT2D eigenvalue weighted by atomic mass is 9.82. The van der Waals surface area contributed by atoms with E-state index in [2.05, 4.69) is 41.6 Å². The lowest BCUT2D eigenvalue weighted by Gasteiger charge is -2.34. The molecule has 1 aromatic carbocycles. The monoisotopic (exact) mass is 241 g/mol. The summed E-state index contributed by atoms with van der Waals surface area (Å²) in [6.07, 6.45) is 6.40. The standard InChI is InChI=1S/C15H19N3/c1-12-8-15(9-12)17-14-5-2-4-13(10-14)11-18-7-3-6-16-18/h2-7,10,12,15,17H,8-9,11H2,1H3. The number of nitrogens with zero attached hydrogens (tertiary/aromatic N) is 2. The van der Waals surface area contributed by atoms with E-state index < -0.39 is 0 Å². The Morgan fingerprint density at radius 3 is 2.94 bits per heavy atom. The molecule has 0 bridgehead atoms. The summed E-state index contributed by atoms with van der Waals surface area (Å²) in [5.74, 6) is 0.884. The Labute approximate surface area is 108 Å². The second-order valence-electron chi connectivity index (χ2n) is 5.32. The Kier molecular flexibility index (Phi) is 3.05. The van der Waals surface area contributed by atoms with Gasteiger partial charge in [-0.1, -0.05) is 19.1 Å². The molecule has 1 heterocycles. The van der Waals surface area contributed by atoms with E-state index in [4.69, 9.17) is 0 Å². The summed E-state index contributed by atoms with van der Waals surface area (Å²) >= 11 is 0. The van der Waals surface area contributed by atoms with Gasteiger partial charge in [-0.2, -0.15) is 5.10 Å². The van der Waals surface area contributed by atoms with Crippen LogP contribution in [0.5, 0.6) is 0 Å². The van der Waals surface area contributed by atoms with Gasteiger partial charge in [0, 0.05) is 24.1 Å². The topological polar surface area (TPSA) is 29.9 Å². The Morgan fingerprint density at radius 1 is 1.33 bits per heavy atom. The van der Waals surface area contributed by atoms with Gasteiger partial charge in [0.25, 0.3) is 0 Å². The summed E-state index contributed by atoms with van der Waals surface area (Å²) in [7, 11) is 0. The molecule has 3 nitrogen and oxygen atoms in total. The van der Waals surface area contributed by atoms with Crippen molar-refractivity contribution in [1.29, 1.82) is 0 Å². The second kappa shape index (κ2) is 4.84. The van der Waals surface area contributed by atoms with Crippen LogP contribution < -0.4 is 5.32 Å². The molecule has 0 amide bonds. The molecule has 18 heavy (non-hydrogen) atoms. The van der Waals surface area contributed by atoms with Crippen molar-refractivity contribution in [3.63, 3.8) is 0 Å². The van der Waals surface area contributed by atoms with Gasteiger partial charge in [-0.3, -0.25) is 4.68 Å². The van der Waals surface area contributed by atoms with Gasteiger partial charge < -0.3 is 5.32 Å². The van der Waals surface area contributed by atoms with Crippen molar-refractivity contribution >= 4 is 5.69 Å². The highest BCUT2D eigenvalue weighted by atomic mass is 15.3. The fourth-order valence-electron chi connectivity index (χ4n) is 2.60. The Hall–Kier alpha value is -1.77. The van der Waals surface area contributed by atoms with Gasteiger partial charge in [0.2, 0.25) is 0 Å². The maximum atomic E-state index is 4.24. The van der Waals surface area contributed by atoms with Crippen LogP contribution in [-0.4, -0.2) is 15.8 Å². The van der Waals surface area contributed by atoms with E-state index in [1.165, 1.54) is 24.1 Å². The lowest BCUT2D eigenvalue weighted by molar-refractivity contribution is 0.309. The summed E-state index contributed by atoms with van der Waals surface area (Å²) in [4.78, 5) is 0. The van der Waals surface area contributed by atoms with Gasteiger partial charge in [-0.05, 0) is 42.5 Å². The molecule has 1 aliphatic rings. The predicted molar refractivity (Wildman–Crippen MR) is 73.6 cm³/mol. The van der Waals surface area contributed by atoms with Crippen molar-refractivity contribution in [2.45, 2.75) is 32.4 Å². The smallest absolute Gasteiger partial charge is 0.0660 e. The third kappa shape index (κ3) is 2.55. The molecule has 0 aliphatic heterocycles. The Balaban J connectivity index is 1.65. The number of nitrogens with one attached hydrogen (secondary N) is 1. The average molecular weight is 241 g/mol. The highest BCUT2D eigenvalue weighted by molar-refractivity contribution is 5.47. The minimum absolute atomic E-state index is 0.667. The van der Waals surface area contributed by atoms with E-state index in [9.17, 15) is 0 Å². The summed E-state index contributed by atoms with van der Waals surface area (Å²) in [6.45, 7) is 3.15. The molecule has 0 radical (unpaired) electrons. The maximum absolute atomic E-state index is 4.24. The number of hydrogen-bond acceptors (Lipinski definition) is 2.